The number of piperidine rings is 1. The zero-order valence-corrected chi connectivity index (χ0v) is 24.6. The smallest absolute Gasteiger partial charge is 0.201 e. The Balaban J connectivity index is 1.58. The first-order valence-electron chi connectivity index (χ1n) is 14.2. The van der Waals surface area contributed by atoms with Gasteiger partial charge in [0.05, 0.1) is 6.10 Å². The highest BCUT2D eigenvalue weighted by Crippen LogP contribution is 2.83. The van der Waals surface area contributed by atoms with Crippen molar-refractivity contribution in [2.45, 2.75) is 109 Å². The Bertz CT molecular complexity index is 939. The average molecular weight is 504 g/mol. The van der Waals surface area contributed by atoms with Crippen LogP contribution in [-0.2, 0) is 13.9 Å². The summed E-state index contributed by atoms with van der Waals surface area (Å²) in [6.07, 6.45) is 7.85. The quantitative estimate of drug-likeness (QED) is 0.317. The van der Waals surface area contributed by atoms with Crippen LogP contribution in [0.25, 0.3) is 0 Å². The maximum atomic E-state index is 12.2. The molecule has 7 bridgehead atoms. The number of hydrogen-bond donors (Lipinski definition) is 1. The molecule has 7 aliphatic rings. The van der Waals surface area contributed by atoms with E-state index in [0.717, 1.165) is 25.8 Å². The van der Waals surface area contributed by atoms with E-state index in [1.807, 2.05) is 0 Å². The van der Waals surface area contributed by atoms with Crippen molar-refractivity contribution in [1.82, 2.24) is 4.90 Å². The Morgan fingerprint density at radius 3 is 2.43 bits per heavy atom. The summed E-state index contributed by atoms with van der Waals surface area (Å²) in [4.78, 5) is 2.81. The second-order valence-corrected chi connectivity index (χ2v) is 19.4. The SMILES string of the molecule is CCN1C[C@]2(C)CC[C@H](O[Si](C)(C)C(C)(C)C)C34C5=C[C@@H]6CC[C@@]5(C(C[C@@H]32)C14)[C@@H](O)C6(OC)OC. The first-order chi connectivity index (χ1) is 16.3. The lowest BCUT2D eigenvalue weighted by molar-refractivity contribution is -0.327. The molecule has 6 heteroatoms. The van der Waals surface area contributed by atoms with E-state index in [1.54, 1.807) is 19.8 Å². The molecule has 1 aliphatic heterocycles. The van der Waals surface area contributed by atoms with Gasteiger partial charge in [-0.1, -0.05) is 46.3 Å². The molecule has 7 rings (SSSR count). The van der Waals surface area contributed by atoms with E-state index < -0.39 is 20.2 Å². The van der Waals surface area contributed by atoms with Crippen molar-refractivity contribution < 1.29 is 19.0 Å². The van der Waals surface area contributed by atoms with Crippen LogP contribution in [0, 0.1) is 34.0 Å². The van der Waals surface area contributed by atoms with Gasteiger partial charge in [-0.25, -0.2) is 0 Å². The number of aliphatic hydroxyl groups excluding tert-OH is 1. The summed E-state index contributed by atoms with van der Waals surface area (Å²) < 4.78 is 19.6. The molecule has 2 spiro atoms. The third kappa shape index (κ3) is 2.59. The summed E-state index contributed by atoms with van der Waals surface area (Å²) in [5, 5.41) is 12.4. The average Bonchev–Trinajstić information content (AvgIpc) is 3.24. The van der Waals surface area contributed by atoms with Gasteiger partial charge in [-0.05, 0) is 74.0 Å². The maximum Gasteiger partial charge on any atom is 0.201 e. The van der Waals surface area contributed by atoms with Gasteiger partial charge < -0.3 is 19.0 Å². The van der Waals surface area contributed by atoms with Crippen molar-refractivity contribution in [3.8, 4) is 0 Å². The minimum atomic E-state index is -1.98. The van der Waals surface area contributed by atoms with Gasteiger partial charge in [0.1, 0.15) is 6.10 Å². The highest BCUT2D eigenvalue weighted by atomic mass is 28.4. The monoisotopic (exact) mass is 503 g/mol. The highest BCUT2D eigenvalue weighted by Gasteiger charge is 2.84. The number of fused-ring (bicyclic) bond motifs is 2. The zero-order chi connectivity index (χ0) is 25.4. The molecule has 4 saturated carbocycles. The molecule has 1 heterocycles. The molecule has 5 nitrogen and oxygen atoms in total. The summed E-state index contributed by atoms with van der Waals surface area (Å²) in [6, 6.07) is 0.449. The Morgan fingerprint density at radius 1 is 1.14 bits per heavy atom. The first kappa shape index (κ1) is 25.1. The van der Waals surface area contributed by atoms with Crippen LogP contribution in [0.3, 0.4) is 0 Å². The number of aliphatic hydroxyl groups is 1. The lowest BCUT2D eigenvalue weighted by atomic mass is 9.43. The van der Waals surface area contributed by atoms with Crippen LogP contribution in [0.1, 0.15) is 66.7 Å². The molecule has 9 atom stereocenters. The van der Waals surface area contributed by atoms with Crippen LogP contribution >= 0.6 is 0 Å². The lowest BCUT2D eigenvalue weighted by Gasteiger charge is -2.67. The molecule has 3 unspecified atom stereocenters. The van der Waals surface area contributed by atoms with Gasteiger partial charge in [0.25, 0.3) is 0 Å². The molecular weight excluding hydrogens is 454 g/mol. The van der Waals surface area contributed by atoms with Gasteiger partial charge in [0.2, 0.25) is 5.79 Å². The molecule has 0 aromatic heterocycles. The third-order valence-electron chi connectivity index (χ3n) is 12.8. The van der Waals surface area contributed by atoms with Gasteiger partial charge in [0.15, 0.2) is 8.32 Å². The predicted molar refractivity (Wildman–Crippen MR) is 140 cm³/mol. The van der Waals surface area contributed by atoms with Crippen molar-refractivity contribution in [3.63, 3.8) is 0 Å². The van der Waals surface area contributed by atoms with E-state index in [4.69, 9.17) is 13.9 Å². The molecular formula is C29H49NO4Si. The van der Waals surface area contributed by atoms with E-state index in [2.05, 4.69) is 58.7 Å². The fraction of sp³-hybridized carbons (Fsp3) is 0.931. The van der Waals surface area contributed by atoms with Gasteiger partial charge in [-0.2, -0.15) is 0 Å². The Morgan fingerprint density at radius 2 is 1.83 bits per heavy atom. The van der Waals surface area contributed by atoms with E-state index in [1.165, 1.54) is 19.4 Å². The summed E-state index contributed by atoms with van der Waals surface area (Å²) in [5.41, 5.74) is 1.62. The van der Waals surface area contributed by atoms with E-state index in [-0.39, 0.29) is 27.9 Å². The second-order valence-electron chi connectivity index (χ2n) is 14.7. The van der Waals surface area contributed by atoms with Gasteiger partial charge >= 0.3 is 0 Å². The number of ether oxygens (including phenoxy) is 2. The van der Waals surface area contributed by atoms with Crippen LogP contribution < -0.4 is 0 Å². The molecule has 1 N–H and O–H groups in total. The topological polar surface area (TPSA) is 51.2 Å². The molecule has 0 aromatic carbocycles. The molecule has 5 fully saturated rings. The summed E-state index contributed by atoms with van der Waals surface area (Å²) >= 11 is 0. The van der Waals surface area contributed by atoms with Crippen LogP contribution in [-0.4, -0.2) is 69.7 Å². The predicted octanol–water partition coefficient (Wildman–Crippen LogP) is 5.20. The van der Waals surface area contributed by atoms with Crippen LogP contribution in [0.15, 0.2) is 11.6 Å². The number of nitrogens with zero attached hydrogens (tertiary/aromatic N) is 1. The summed E-state index contributed by atoms with van der Waals surface area (Å²) in [7, 11) is 1.47. The summed E-state index contributed by atoms with van der Waals surface area (Å²) in [6.45, 7) is 19.1. The molecule has 0 amide bonds. The zero-order valence-electron chi connectivity index (χ0n) is 23.6. The molecule has 1 saturated heterocycles. The van der Waals surface area contributed by atoms with Crippen molar-refractivity contribution in [2.75, 3.05) is 27.3 Å². The minimum absolute atomic E-state index is 0.00867. The summed E-state index contributed by atoms with van der Waals surface area (Å²) in [5.74, 6) is 0.238. The van der Waals surface area contributed by atoms with Crippen LogP contribution in [0.2, 0.25) is 18.1 Å². The van der Waals surface area contributed by atoms with E-state index in [9.17, 15) is 5.11 Å². The Kier molecular flexibility index (Phi) is 5.18. The van der Waals surface area contributed by atoms with Crippen molar-refractivity contribution in [3.05, 3.63) is 11.6 Å². The minimum Gasteiger partial charge on any atom is -0.413 e. The second kappa shape index (κ2) is 7.23. The van der Waals surface area contributed by atoms with Gasteiger partial charge in [-0.15, -0.1) is 0 Å². The largest absolute Gasteiger partial charge is 0.413 e. The maximum absolute atomic E-state index is 12.2. The Hall–Kier alpha value is -0.243. The van der Waals surface area contributed by atoms with Crippen molar-refractivity contribution >= 4 is 8.32 Å². The molecule has 0 aromatic rings. The number of hydrogen-bond acceptors (Lipinski definition) is 5. The normalized spacial score (nSPS) is 49.8. The number of methoxy groups -OCH3 is 2. The fourth-order valence-electron chi connectivity index (χ4n) is 10.5. The fourth-order valence-corrected chi connectivity index (χ4v) is 11.8. The van der Waals surface area contributed by atoms with Gasteiger partial charge in [0, 0.05) is 43.6 Å². The van der Waals surface area contributed by atoms with Crippen molar-refractivity contribution in [1.29, 1.82) is 0 Å². The lowest BCUT2D eigenvalue weighted by Crippen LogP contribution is -2.70. The molecule has 35 heavy (non-hydrogen) atoms. The third-order valence-corrected chi connectivity index (χ3v) is 17.3. The Labute approximate surface area is 214 Å². The number of likely N-dealkylation sites (tertiary alicyclic amines) is 1. The van der Waals surface area contributed by atoms with Crippen LogP contribution in [0.5, 0.6) is 0 Å². The van der Waals surface area contributed by atoms with Gasteiger partial charge in [-0.3, -0.25) is 4.90 Å². The number of rotatable bonds is 5. The molecule has 0 radical (unpaired) electrons. The first-order valence-corrected chi connectivity index (χ1v) is 17.1. The molecule has 6 aliphatic carbocycles. The standard InChI is InChI=1S/C29H49NO4Si/c1-10-30-17-26(5)13-12-22(34-35(8,9)25(2,3)4)28-20(26)16-19(23(28)30)27-14-11-18(15-21(27)28)29(32-6,33-7)24(27)31/h15,18-20,22-24,31H,10-14,16-17H2,1-9H3/t18-,19?,20+,22-,23?,24+,26-,27-,28?/m0/s1. The molecule has 198 valence electrons. The van der Waals surface area contributed by atoms with Crippen LogP contribution in [0.4, 0.5) is 0 Å². The van der Waals surface area contributed by atoms with Crippen molar-refractivity contribution in [2.24, 2.45) is 34.0 Å². The van der Waals surface area contributed by atoms with E-state index in [0.29, 0.717) is 23.3 Å². The highest BCUT2D eigenvalue weighted by molar-refractivity contribution is 6.74. The van der Waals surface area contributed by atoms with E-state index >= 15 is 0 Å².